The monoisotopic (exact) mass is 503 g/mol. The van der Waals surface area contributed by atoms with E-state index in [-0.39, 0.29) is 5.82 Å². The molecule has 0 unspecified atom stereocenters. The summed E-state index contributed by atoms with van der Waals surface area (Å²) >= 11 is 0. The minimum absolute atomic E-state index is 0.316. The highest BCUT2D eigenvalue weighted by atomic mass is 19.1. The van der Waals surface area contributed by atoms with Crippen LogP contribution in [0.15, 0.2) is 48.8 Å². The van der Waals surface area contributed by atoms with E-state index in [2.05, 4.69) is 45.8 Å². The summed E-state index contributed by atoms with van der Waals surface area (Å²) in [7, 11) is 1.67. The van der Waals surface area contributed by atoms with E-state index in [1.54, 1.807) is 45.5 Å². The highest BCUT2D eigenvalue weighted by Crippen LogP contribution is 2.45. The summed E-state index contributed by atoms with van der Waals surface area (Å²) in [4.78, 5) is 12.0. The minimum atomic E-state index is -1.24. The molecule has 0 spiro atoms. The quantitative estimate of drug-likeness (QED) is 0.303. The number of benzene rings is 2. The molecule has 0 aliphatic rings. The van der Waals surface area contributed by atoms with E-state index >= 15 is 0 Å². The van der Waals surface area contributed by atoms with Gasteiger partial charge in [-0.05, 0) is 57.2 Å². The molecule has 5 rings (SSSR count). The van der Waals surface area contributed by atoms with Crippen LogP contribution < -0.4 is 0 Å². The van der Waals surface area contributed by atoms with E-state index in [9.17, 15) is 14.3 Å². The van der Waals surface area contributed by atoms with Gasteiger partial charge < -0.3 is 14.4 Å². The van der Waals surface area contributed by atoms with E-state index < -0.39 is 16.9 Å². The fraction of sp³-hybridized carbons (Fsp3) is 0.321. The zero-order chi connectivity index (χ0) is 26.7. The smallest absolute Gasteiger partial charge is 0.331 e. The van der Waals surface area contributed by atoms with Crippen LogP contribution in [-0.4, -0.2) is 49.3 Å². The number of aromatic amines is 1. The SMILES string of the molecule is COCC(C)(C)c1c(-c2cn(C(C)(C)C(=O)O)nc2C)c2cc3[nH]ncc3cc2n1-c1ccc(F)cc1. The molecule has 0 saturated heterocycles. The molecule has 0 saturated carbocycles. The third kappa shape index (κ3) is 3.90. The van der Waals surface area contributed by atoms with Crippen molar-refractivity contribution in [1.82, 2.24) is 24.5 Å². The first-order chi connectivity index (χ1) is 17.5. The summed E-state index contributed by atoms with van der Waals surface area (Å²) < 4.78 is 23.2. The fourth-order valence-corrected chi connectivity index (χ4v) is 5.02. The molecule has 3 heterocycles. The van der Waals surface area contributed by atoms with Gasteiger partial charge in [0.15, 0.2) is 5.54 Å². The molecule has 0 atom stereocenters. The Hall–Kier alpha value is -3.98. The normalized spacial score (nSPS) is 12.6. The second-order valence-electron chi connectivity index (χ2n) is 10.6. The number of halogens is 1. The molecular formula is C28H30FN5O3. The molecule has 192 valence electrons. The molecule has 2 aromatic carbocycles. The lowest BCUT2D eigenvalue weighted by molar-refractivity contribution is -0.146. The molecule has 9 heteroatoms. The van der Waals surface area contributed by atoms with Gasteiger partial charge >= 0.3 is 5.97 Å². The van der Waals surface area contributed by atoms with Crippen LogP contribution >= 0.6 is 0 Å². The van der Waals surface area contributed by atoms with Crippen LogP contribution in [0.5, 0.6) is 0 Å². The first kappa shape index (κ1) is 24.7. The largest absolute Gasteiger partial charge is 0.479 e. The van der Waals surface area contributed by atoms with E-state index in [1.807, 2.05) is 6.92 Å². The Morgan fingerprint density at radius 2 is 1.86 bits per heavy atom. The molecule has 0 fully saturated rings. The van der Waals surface area contributed by atoms with Gasteiger partial charge in [-0.2, -0.15) is 10.2 Å². The van der Waals surface area contributed by atoms with Crippen molar-refractivity contribution < 1.29 is 19.0 Å². The van der Waals surface area contributed by atoms with E-state index in [1.165, 1.54) is 16.8 Å². The van der Waals surface area contributed by atoms with Crippen LogP contribution in [0.1, 0.15) is 39.1 Å². The highest BCUT2D eigenvalue weighted by Gasteiger charge is 2.36. The fourth-order valence-electron chi connectivity index (χ4n) is 5.02. The zero-order valence-electron chi connectivity index (χ0n) is 21.8. The van der Waals surface area contributed by atoms with E-state index in [0.29, 0.717) is 12.3 Å². The van der Waals surface area contributed by atoms with Gasteiger partial charge in [-0.25, -0.2) is 9.18 Å². The van der Waals surface area contributed by atoms with Crippen LogP contribution in [0, 0.1) is 12.7 Å². The number of nitrogens with zero attached hydrogens (tertiary/aromatic N) is 4. The first-order valence-electron chi connectivity index (χ1n) is 12.0. The van der Waals surface area contributed by atoms with Crippen LogP contribution in [0.4, 0.5) is 4.39 Å². The number of aryl methyl sites for hydroxylation is 1. The van der Waals surface area contributed by atoms with Gasteiger partial charge in [0.1, 0.15) is 5.82 Å². The Labute approximate surface area is 213 Å². The maximum absolute atomic E-state index is 13.9. The first-order valence-corrected chi connectivity index (χ1v) is 12.0. The minimum Gasteiger partial charge on any atom is -0.479 e. The van der Waals surface area contributed by atoms with Crippen LogP contribution in [0.25, 0.3) is 38.6 Å². The molecular weight excluding hydrogens is 473 g/mol. The summed E-state index contributed by atoms with van der Waals surface area (Å²) in [6.07, 6.45) is 3.58. The van der Waals surface area contributed by atoms with Crippen molar-refractivity contribution >= 4 is 27.8 Å². The van der Waals surface area contributed by atoms with Crippen LogP contribution in [0.3, 0.4) is 0 Å². The van der Waals surface area contributed by atoms with Crippen LogP contribution in [-0.2, 0) is 20.5 Å². The lowest BCUT2D eigenvalue weighted by atomic mass is 9.85. The van der Waals surface area contributed by atoms with Gasteiger partial charge in [-0.15, -0.1) is 0 Å². The van der Waals surface area contributed by atoms with Gasteiger partial charge in [0.05, 0.1) is 29.5 Å². The number of nitrogens with one attached hydrogen (secondary N) is 1. The van der Waals surface area contributed by atoms with Gasteiger partial charge in [-0.3, -0.25) is 9.78 Å². The molecule has 8 nitrogen and oxygen atoms in total. The summed E-state index contributed by atoms with van der Waals surface area (Å²) in [5, 5.41) is 23.6. The van der Waals surface area contributed by atoms with Crippen molar-refractivity contribution in [3.63, 3.8) is 0 Å². The Balaban J connectivity index is 1.95. The van der Waals surface area contributed by atoms with Crippen molar-refractivity contribution in [2.45, 2.75) is 45.6 Å². The lowest BCUT2D eigenvalue weighted by Gasteiger charge is -2.28. The Kier molecular flexibility index (Phi) is 5.71. The number of hydrogen-bond donors (Lipinski definition) is 2. The predicted molar refractivity (Wildman–Crippen MR) is 141 cm³/mol. The summed E-state index contributed by atoms with van der Waals surface area (Å²) in [5.74, 6) is -1.29. The van der Waals surface area contributed by atoms with Gasteiger partial charge in [0, 0.05) is 52.0 Å². The molecule has 5 aromatic rings. The number of ether oxygens (including phenoxy) is 1. The number of hydrogen-bond acceptors (Lipinski definition) is 4. The van der Waals surface area contributed by atoms with Crippen molar-refractivity contribution in [2.24, 2.45) is 0 Å². The second-order valence-corrected chi connectivity index (χ2v) is 10.6. The second kappa shape index (κ2) is 8.55. The van der Waals surface area contributed by atoms with E-state index in [4.69, 9.17) is 4.74 Å². The molecule has 0 bridgehead atoms. The molecule has 2 N–H and O–H groups in total. The van der Waals surface area contributed by atoms with Crippen LogP contribution in [0.2, 0.25) is 0 Å². The number of rotatable bonds is 7. The summed E-state index contributed by atoms with van der Waals surface area (Å²) in [6, 6.07) is 10.5. The van der Waals surface area contributed by atoms with Crippen molar-refractivity contribution in [3.8, 4) is 16.8 Å². The number of carboxylic acids is 1. The molecule has 0 radical (unpaired) electrons. The third-order valence-electron chi connectivity index (χ3n) is 7.02. The zero-order valence-corrected chi connectivity index (χ0v) is 21.8. The molecule has 0 aliphatic carbocycles. The summed E-state index contributed by atoms with van der Waals surface area (Å²) in [5.41, 5.74) is 4.25. The third-order valence-corrected chi connectivity index (χ3v) is 7.02. The molecule has 0 aliphatic heterocycles. The number of carboxylic acid groups (broad SMARTS) is 1. The lowest BCUT2D eigenvalue weighted by Crippen LogP contribution is -2.36. The standard InChI is InChI=1S/C28H30FN5O3/c1-16-21(14-33(32-16)28(4,5)26(35)36)24-20-12-22-17(13-30-31-22)11-23(20)34(19-9-7-18(29)8-10-19)25(24)27(2,3)15-37-6/h7-14H,15H2,1-6H3,(H,30,31)(H,35,36). The maximum atomic E-state index is 13.9. The Morgan fingerprint density at radius 1 is 1.16 bits per heavy atom. The average Bonchev–Trinajstić information content (AvgIpc) is 3.53. The molecule has 3 aromatic heterocycles. The molecule has 0 amide bonds. The molecule has 37 heavy (non-hydrogen) atoms. The topological polar surface area (TPSA) is 98.0 Å². The van der Waals surface area contributed by atoms with Crippen molar-refractivity contribution in [3.05, 3.63) is 66.0 Å². The Bertz CT molecular complexity index is 1640. The van der Waals surface area contributed by atoms with Crippen molar-refractivity contribution in [1.29, 1.82) is 0 Å². The van der Waals surface area contributed by atoms with Gasteiger partial charge in [0.25, 0.3) is 0 Å². The van der Waals surface area contributed by atoms with E-state index in [0.717, 1.165) is 44.3 Å². The Morgan fingerprint density at radius 3 is 2.51 bits per heavy atom. The summed E-state index contributed by atoms with van der Waals surface area (Å²) in [6.45, 7) is 9.75. The number of aromatic nitrogens is 5. The highest BCUT2D eigenvalue weighted by molar-refractivity contribution is 6.06. The number of aliphatic carboxylic acids is 1. The average molecular weight is 504 g/mol. The number of carbonyl (C=O) groups is 1. The predicted octanol–water partition coefficient (Wildman–Crippen LogP) is 5.56. The number of fused-ring (bicyclic) bond motifs is 2. The van der Waals surface area contributed by atoms with Gasteiger partial charge in [0.2, 0.25) is 0 Å². The van der Waals surface area contributed by atoms with Gasteiger partial charge in [-0.1, -0.05) is 13.8 Å². The number of methoxy groups -OCH3 is 1. The van der Waals surface area contributed by atoms with Crippen molar-refractivity contribution in [2.75, 3.05) is 13.7 Å². The number of H-pyrrole nitrogens is 1. The maximum Gasteiger partial charge on any atom is 0.331 e.